The second kappa shape index (κ2) is 5.63. The number of hydrogen-bond acceptors (Lipinski definition) is 1. The van der Waals surface area contributed by atoms with Gasteiger partial charge in [-0.25, -0.2) is 4.39 Å². The van der Waals surface area contributed by atoms with Crippen LogP contribution in [0.4, 0.5) is 4.39 Å². The van der Waals surface area contributed by atoms with E-state index in [9.17, 15) is 4.39 Å². The molecule has 94 valence electrons. The smallest absolute Gasteiger partial charge is 0.123 e. The standard InChI is InChI=1S/C15H22FN/c1-12(2)9-10-17(15-7-8-15)11-13-3-5-14(16)6-4-13/h3-6,12,15H,7-11H2,1-2H3. The Balaban J connectivity index is 1.90. The Kier molecular flexibility index (Phi) is 4.16. The summed E-state index contributed by atoms with van der Waals surface area (Å²) < 4.78 is 12.8. The van der Waals surface area contributed by atoms with Crippen LogP contribution in [0, 0.1) is 11.7 Å². The van der Waals surface area contributed by atoms with Crippen LogP contribution >= 0.6 is 0 Å². The number of rotatable bonds is 6. The van der Waals surface area contributed by atoms with Crippen molar-refractivity contribution in [1.82, 2.24) is 4.90 Å². The van der Waals surface area contributed by atoms with Crippen LogP contribution in [0.2, 0.25) is 0 Å². The lowest BCUT2D eigenvalue weighted by Gasteiger charge is -2.23. The van der Waals surface area contributed by atoms with Crippen molar-refractivity contribution in [3.05, 3.63) is 35.6 Å². The fourth-order valence-corrected chi connectivity index (χ4v) is 2.08. The Morgan fingerprint density at radius 1 is 1.24 bits per heavy atom. The van der Waals surface area contributed by atoms with Crippen LogP contribution in [-0.4, -0.2) is 17.5 Å². The Bertz CT molecular complexity index is 340. The Morgan fingerprint density at radius 2 is 1.88 bits per heavy atom. The molecule has 0 radical (unpaired) electrons. The van der Waals surface area contributed by atoms with Gasteiger partial charge in [-0.1, -0.05) is 26.0 Å². The summed E-state index contributed by atoms with van der Waals surface area (Å²) in [4.78, 5) is 2.55. The molecule has 2 heteroatoms. The van der Waals surface area contributed by atoms with Crippen LogP contribution in [0.5, 0.6) is 0 Å². The molecule has 0 aliphatic heterocycles. The van der Waals surface area contributed by atoms with Gasteiger partial charge in [0, 0.05) is 12.6 Å². The highest BCUT2D eigenvalue weighted by Gasteiger charge is 2.28. The summed E-state index contributed by atoms with van der Waals surface area (Å²) >= 11 is 0. The average molecular weight is 235 g/mol. The van der Waals surface area contributed by atoms with Crippen LogP contribution in [0.3, 0.4) is 0 Å². The van der Waals surface area contributed by atoms with E-state index in [2.05, 4.69) is 18.7 Å². The predicted octanol–water partition coefficient (Wildman–Crippen LogP) is 3.84. The molecule has 1 fully saturated rings. The van der Waals surface area contributed by atoms with Crippen LogP contribution in [0.15, 0.2) is 24.3 Å². The SMILES string of the molecule is CC(C)CCN(Cc1ccc(F)cc1)C1CC1. The molecule has 0 aromatic heterocycles. The molecular formula is C15H22FN. The lowest BCUT2D eigenvalue weighted by Crippen LogP contribution is -2.27. The van der Waals surface area contributed by atoms with E-state index in [-0.39, 0.29) is 5.82 Å². The maximum atomic E-state index is 12.8. The normalized spacial score (nSPS) is 15.8. The summed E-state index contributed by atoms with van der Waals surface area (Å²) in [6.45, 7) is 6.67. The molecule has 1 aromatic carbocycles. The van der Waals surface area contributed by atoms with Crippen molar-refractivity contribution in [3.63, 3.8) is 0 Å². The van der Waals surface area contributed by atoms with Gasteiger partial charge < -0.3 is 0 Å². The number of benzene rings is 1. The molecule has 1 aromatic rings. The first-order valence-corrected chi connectivity index (χ1v) is 6.63. The van der Waals surface area contributed by atoms with Gasteiger partial charge in [-0.3, -0.25) is 4.90 Å². The monoisotopic (exact) mass is 235 g/mol. The number of halogens is 1. The van der Waals surface area contributed by atoms with Gasteiger partial charge in [0.15, 0.2) is 0 Å². The maximum Gasteiger partial charge on any atom is 0.123 e. The molecule has 1 saturated carbocycles. The highest BCUT2D eigenvalue weighted by atomic mass is 19.1. The fourth-order valence-electron chi connectivity index (χ4n) is 2.08. The minimum Gasteiger partial charge on any atom is -0.296 e. The summed E-state index contributed by atoms with van der Waals surface area (Å²) in [5, 5.41) is 0. The average Bonchev–Trinajstić information content (AvgIpc) is 3.10. The molecule has 1 nitrogen and oxygen atoms in total. The first-order chi connectivity index (χ1) is 8.15. The lowest BCUT2D eigenvalue weighted by molar-refractivity contribution is 0.239. The van der Waals surface area contributed by atoms with E-state index in [0.29, 0.717) is 0 Å². The molecular weight excluding hydrogens is 213 g/mol. The summed E-state index contributed by atoms with van der Waals surface area (Å²) in [6.07, 6.45) is 3.91. The zero-order valence-electron chi connectivity index (χ0n) is 10.8. The third kappa shape index (κ3) is 4.12. The van der Waals surface area contributed by atoms with Crippen molar-refractivity contribution in [2.75, 3.05) is 6.54 Å². The molecule has 1 aliphatic carbocycles. The third-order valence-corrected chi connectivity index (χ3v) is 3.36. The molecule has 1 aliphatic rings. The fraction of sp³-hybridized carbons (Fsp3) is 0.600. The summed E-state index contributed by atoms with van der Waals surface area (Å²) in [6, 6.07) is 7.70. The van der Waals surface area contributed by atoms with Gasteiger partial charge in [-0.05, 0) is 49.4 Å². The van der Waals surface area contributed by atoms with Crippen molar-refractivity contribution < 1.29 is 4.39 Å². The molecule has 0 atom stereocenters. The van der Waals surface area contributed by atoms with E-state index in [4.69, 9.17) is 0 Å². The molecule has 2 rings (SSSR count). The van der Waals surface area contributed by atoms with E-state index in [0.717, 1.165) is 18.5 Å². The molecule has 0 unspecified atom stereocenters. The molecule has 0 bridgehead atoms. The number of hydrogen-bond donors (Lipinski definition) is 0. The minimum atomic E-state index is -0.145. The summed E-state index contributed by atoms with van der Waals surface area (Å²) in [5.74, 6) is 0.610. The summed E-state index contributed by atoms with van der Waals surface area (Å²) in [5.41, 5.74) is 1.22. The zero-order chi connectivity index (χ0) is 12.3. The van der Waals surface area contributed by atoms with Crippen LogP contribution in [-0.2, 0) is 6.54 Å². The molecule has 0 N–H and O–H groups in total. The second-order valence-electron chi connectivity index (χ2n) is 5.51. The maximum absolute atomic E-state index is 12.8. The zero-order valence-corrected chi connectivity index (χ0v) is 10.8. The Labute approximate surface area is 104 Å². The van der Waals surface area contributed by atoms with Crippen molar-refractivity contribution in [2.45, 2.75) is 45.7 Å². The first kappa shape index (κ1) is 12.6. The Morgan fingerprint density at radius 3 is 2.41 bits per heavy atom. The van der Waals surface area contributed by atoms with Crippen molar-refractivity contribution >= 4 is 0 Å². The molecule has 0 saturated heterocycles. The Hall–Kier alpha value is -0.890. The summed E-state index contributed by atoms with van der Waals surface area (Å²) in [7, 11) is 0. The molecule has 0 spiro atoms. The molecule has 0 amide bonds. The van der Waals surface area contributed by atoms with Gasteiger partial charge in [-0.15, -0.1) is 0 Å². The van der Waals surface area contributed by atoms with Crippen LogP contribution < -0.4 is 0 Å². The highest BCUT2D eigenvalue weighted by Crippen LogP contribution is 2.28. The van der Waals surface area contributed by atoms with Crippen molar-refractivity contribution in [3.8, 4) is 0 Å². The number of nitrogens with zero attached hydrogens (tertiary/aromatic N) is 1. The van der Waals surface area contributed by atoms with Crippen LogP contribution in [0.25, 0.3) is 0 Å². The largest absolute Gasteiger partial charge is 0.296 e. The second-order valence-corrected chi connectivity index (χ2v) is 5.51. The van der Waals surface area contributed by atoms with Crippen LogP contribution in [0.1, 0.15) is 38.7 Å². The van der Waals surface area contributed by atoms with Gasteiger partial charge in [0.25, 0.3) is 0 Å². The minimum absolute atomic E-state index is 0.145. The van der Waals surface area contributed by atoms with Crippen molar-refractivity contribution in [1.29, 1.82) is 0 Å². The van der Waals surface area contributed by atoms with E-state index >= 15 is 0 Å². The van der Waals surface area contributed by atoms with Gasteiger partial charge in [0.1, 0.15) is 5.82 Å². The van der Waals surface area contributed by atoms with Crippen molar-refractivity contribution in [2.24, 2.45) is 5.92 Å². The van der Waals surface area contributed by atoms with Gasteiger partial charge in [0.2, 0.25) is 0 Å². The van der Waals surface area contributed by atoms with E-state index in [1.807, 2.05) is 12.1 Å². The third-order valence-electron chi connectivity index (χ3n) is 3.36. The quantitative estimate of drug-likeness (QED) is 0.724. The van der Waals surface area contributed by atoms with E-state index in [1.165, 1.54) is 31.4 Å². The topological polar surface area (TPSA) is 3.24 Å². The first-order valence-electron chi connectivity index (χ1n) is 6.63. The van der Waals surface area contributed by atoms with Gasteiger partial charge in [0.05, 0.1) is 0 Å². The van der Waals surface area contributed by atoms with Gasteiger partial charge in [-0.2, -0.15) is 0 Å². The predicted molar refractivity (Wildman–Crippen MR) is 69.3 cm³/mol. The molecule has 17 heavy (non-hydrogen) atoms. The lowest BCUT2D eigenvalue weighted by atomic mass is 10.1. The van der Waals surface area contributed by atoms with Gasteiger partial charge >= 0.3 is 0 Å². The van der Waals surface area contributed by atoms with E-state index in [1.54, 1.807) is 12.1 Å². The highest BCUT2D eigenvalue weighted by molar-refractivity contribution is 5.16. The molecule has 0 heterocycles. The van der Waals surface area contributed by atoms with E-state index < -0.39 is 0 Å².